The number of amides is 1. The first-order valence-electron chi connectivity index (χ1n) is 11.3. The zero-order valence-electron chi connectivity index (χ0n) is 20.0. The number of nitrogens with zero attached hydrogens (tertiary/aromatic N) is 5. The van der Waals surface area contributed by atoms with Gasteiger partial charge in [0.15, 0.2) is 0 Å². The summed E-state index contributed by atoms with van der Waals surface area (Å²) in [6.45, 7) is 8.84. The van der Waals surface area contributed by atoms with Crippen molar-refractivity contribution in [3.05, 3.63) is 65.3 Å². The SMILES string of the molecule is CCC1=CC(N(CC)CCN(C)C(CC)=NC=NC)=C(NC(=O)c2cccnc2)C=CC1. The van der Waals surface area contributed by atoms with Gasteiger partial charge >= 0.3 is 0 Å². The summed E-state index contributed by atoms with van der Waals surface area (Å²) < 4.78 is 0. The first-order chi connectivity index (χ1) is 15.5. The smallest absolute Gasteiger partial charge is 0.257 e. The van der Waals surface area contributed by atoms with Gasteiger partial charge in [0, 0.05) is 52.5 Å². The van der Waals surface area contributed by atoms with E-state index in [9.17, 15) is 4.79 Å². The van der Waals surface area contributed by atoms with Gasteiger partial charge < -0.3 is 15.1 Å². The molecular formula is C25H36N6O. The highest BCUT2D eigenvalue weighted by Gasteiger charge is 2.17. The maximum atomic E-state index is 12.8. The summed E-state index contributed by atoms with van der Waals surface area (Å²) in [4.78, 5) is 29.8. The Morgan fingerprint density at radius 1 is 1.28 bits per heavy atom. The van der Waals surface area contributed by atoms with Crippen LogP contribution in [-0.4, -0.2) is 66.6 Å². The van der Waals surface area contributed by atoms with Gasteiger partial charge in [-0.2, -0.15) is 0 Å². The Morgan fingerprint density at radius 2 is 2.09 bits per heavy atom. The number of nitrogens with one attached hydrogen (secondary N) is 1. The van der Waals surface area contributed by atoms with Gasteiger partial charge in [0.1, 0.15) is 12.2 Å². The van der Waals surface area contributed by atoms with E-state index in [1.807, 2.05) is 6.08 Å². The molecule has 0 fully saturated rings. The predicted octanol–water partition coefficient (Wildman–Crippen LogP) is 4.04. The van der Waals surface area contributed by atoms with Gasteiger partial charge in [-0.1, -0.05) is 25.5 Å². The number of rotatable bonds is 10. The molecule has 1 aromatic rings. The van der Waals surface area contributed by atoms with E-state index in [2.05, 4.69) is 70.1 Å². The van der Waals surface area contributed by atoms with Gasteiger partial charge in [-0.05, 0) is 44.1 Å². The van der Waals surface area contributed by atoms with Gasteiger partial charge in [-0.3, -0.25) is 14.8 Å². The van der Waals surface area contributed by atoms with Crippen molar-refractivity contribution in [1.82, 2.24) is 20.1 Å². The number of aromatic nitrogens is 1. The molecule has 0 bridgehead atoms. The largest absolute Gasteiger partial charge is 0.368 e. The fourth-order valence-corrected chi connectivity index (χ4v) is 3.48. The molecule has 0 spiro atoms. The van der Waals surface area contributed by atoms with Crippen LogP contribution in [0.2, 0.25) is 0 Å². The van der Waals surface area contributed by atoms with Crippen LogP contribution in [0, 0.1) is 0 Å². The minimum absolute atomic E-state index is 0.156. The highest BCUT2D eigenvalue weighted by molar-refractivity contribution is 5.95. The molecule has 0 saturated heterocycles. The second-order valence-electron chi connectivity index (χ2n) is 7.53. The molecule has 7 nitrogen and oxygen atoms in total. The summed E-state index contributed by atoms with van der Waals surface area (Å²) in [7, 11) is 3.78. The minimum atomic E-state index is -0.156. The zero-order valence-corrected chi connectivity index (χ0v) is 20.0. The van der Waals surface area contributed by atoms with Crippen LogP contribution in [0.15, 0.2) is 69.7 Å². The first kappa shape index (κ1) is 25.0. The van der Waals surface area contributed by atoms with Crippen molar-refractivity contribution in [2.24, 2.45) is 9.98 Å². The Morgan fingerprint density at radius 3 is 2.72 bits per heavy atom. The average Bonchev–Trinajstić information content (AvgIpc) is 3.02. The number of pyridine rings is 1. The summed E-state index contributed by atoms with van der Waals surface area (Å²) in [5.41, 5.74) is 3.73. The van der Waals surface area contributed by atoms with E-state index < -0.39 is 0 Å². The van der Waals surface area contributed by atoms with E-state index >= 15 is 0 Å². The molecule has 0 radical (unpaired) electrons. The quantitative estimate of drug-likeness (QED) is 0.444. The Hall–Kier alpha value is -3.22. The summed E-state index contributed by atoms with van der Waals surface area (Å²) in [6.07, 6.45) is 13.9. The van der Waals surface area contributed by atoms with E-state index in [0.717, 1.165) is 56.1 Å². The molecule has 0 atom stereocenters. The maximum Gasteiger partial charge on any atom is 0.257 e. The van der Waals surface area contributed by atoms with Gasteiger partial charge in [-0.25, -0.2) is 4.99 Å². The lowest BCUT2D eigenvalue weighted by molar-refractivity contribution is 0.0965. The van der Waals surface area contributed by atoms with Crippen molar-refractivity contribution in [2.45, 2.75) is 40.0 Å². The molecule has 1 aliphatic rings. The molecule has 0 unspecified atom stereocenters. The molecule has 1 heterocycles. The molecule has 1 aromatic heterocycles. The third-order valence-corrected chi connectivity index (χ3v) is 5.41. The molecule has 0 aliphatic heterocycles. The number of aliphatic imine (C=N–C) groups is 2. The van der Waals surface area contributed by atoms with Crippen LogP contribution in [0.1, 0.15) is 50.4 Å². The molecule has 1 aliphatic carbocycles. The molecule has 1 amide bonds. The molecule has 172 valence electrons. The van der Waals surface area contributed by atoms with E-state index in [1.54, 1.807) is 37.9 Å². The Kier molecular flexibility index (Phi) is 10.4. The van der Waals surface area contributed by atoms with E-state index in [1.165, 1.54) is 5.57 Å². The molecule has 7 heteroatoms. The molecule has 1 N–H and O–H groups in total. The van der Waals surface area contributed by atoms with Crippen LogP contribution < -0.4 is 5.32 Å². The summed E-state index contributed by atoms with van der Waals surface area (Å²) in [5, 5.41) is 3.11. The van der Waals surface area contributed by atoms with Crippen molar-refractivity contribution in [1.29, 1.82) is 0 Å². The molecule has 0 aromatic carbocycles. The minimum Gasteiger partial charge on any atom is -0.368 e. The first-order valence-corrected chi connectivity index (χ1v) is 11.3. The molecular weight excluding hydrogens is 400 g/mol. The van der Waals surface area contributed by atoms with Crippen LogP contribution in [0.25, 0.3) is 0 Å². The average molecular weight is 437 g/mol. The lowest BCUT2D eigenvalue weighted by atomic mass is 10.1. The third kappa shape index (κ3) is 7.18. The van der Waals surface area contributed by atoms with Crippen LogP contribution in [0.5, 0.6) is 0 Å². The van der Waals surface area contributed by atoms with Crippen LogP contribution >= 0.6 is 0 Å². The van der Waals surface area contributed by atoms with Crippen molar-refractivity contribution in [2.75, 3.05) is 33.7 Å². The fourth-order valence-electron chi connectivity index (χ4n) is 3.48. The van der Waals surface area contributed by atoms with Crippen molar-refractivity contribution < 1.29 is 4.79 Å². The van der Waals surface area contributed by atoms with Gasteiger partial charge in [0.2, 0.25) is 0 Å². The van der Waals surface area contributed by atoms with E-state index in [-0.39, 0.29) is 5.91 Å². The number of likely N-dealkylation sites (N-methyl/N-ethyl adjacent to an activating group) is 2. The lowest BCUT2D eigenvalue weighted by Crippen LogP contribution is -2.37. The number of carbonyl (C=O) groups excluding carboxylic acids is 1. The standard InChI is InChI=1S/C25H36N6O/c1-6-20-11-9-13-22(29-25(32)21-12-10-14-27-18-21)23(17-20)31(8-3)16-15-30(5)24(7-2)28-19-26-4/h9-10,12-14,17-19H,6-8,11,15-16H2,1-5H3,(H,29,32). The number of amidine groups is 1. The molecule has 32 heavy (non-hydrogen) atoms. The molecule has 0 saturated carbocycles. The highest BCUT2D eigenvalue weighted by atomic mass is 16.1. The van der Waals surface area contributed by atoms with E-state index in [0.29, 0.717) is 5.56 Å². The van der Waals surface area contributed by atoms with Gasteiger partial charge in [0.05, 0.1) is 17.0 Å². The zero-order chi connectivity index (χ0) is 23.3. The second-order valence-corrected chi connectivity index (χ2v) is 7.53. The summed E-state index contributed by atoms with van der Waals surface area (Å²) >= 11 is 0. The topological polar surface area (TPSA) is 73.2 Å². The van der Waals surface area contributed by atoms with Crippen LogP contribution in [0.3, 0.4) is 0 Å². The lowest BCUT2D eigenvalue weighted by Gasteiger charge is -2.30. The Balaban J connectivity index is 2.29. The van der Waals surface area contributed by atoms with Crippen LogP contribution in [-0.2, 0) is 0 Å². The summed E-state index contributed by atoms with van der Waals surface area (Å²) in [6, 6.07) is 3.54. The molecule has 2 rings (SSSR count). The highest BCUT2D eigenvalue weighted by Crippen LogP contribution is 2.22. The summed E-state index contributed by atoms with van der Waals surface area (Å²) in [5.74, 6) is 0.840. The maximum absolute atomic E-state index is 12.8. The van der Waals surface area contributed by atoms with Crippen molar-refractivity contribution in [3.63, 3.8) is 0 Å². The number of hydrogen-bond acceptors (Lipinski definition) is 4. The van der Waals surface area contributed by atoms with Crippen molar-refractivity contribution in [3.8, 4) is 0 Å². The predicted molar refractivity (Wildman–Crippen MR) is 133 cm³/mol. The monoisotopic (exact) mass is 436 g/mol. The number of carbonyl (C=O) groups is 1. The second kappa shape index (κ2) is 13.2. The van der Waals surface area contributed by atoms with Crippen LogP contribution in [0.4, 0.5) is 0 Å². The fraction of sp³-hybridized carbons (Fsp3) is 0.440. The normalized spacial score (nSPS) is 14.4. The van der Waals surface area contributed by atoms with E-state index in [4.69, 9.17) is 0 Å². The number of allylic oxidation sites excluding steroid dienone is 4. The Labute approximate surface area is 192 Å². The Bertz CT molecular complexity index is 898. The van der Waals surface area contributed by atoms with Crippen molar-refractivity contribution >= 4 is 18.1 Å². The third-order valence-electron chi connectivity index (χ3n) is 5.41. The number of hydrogen-bond donors (Lipinski definition) is 1. The van der Waals surface area contributed by atoms with Gasteiger partial charge in [0.25, 0.3) is 5.91 Å². The van der Waals surface area contributed by atoms with Gasteiger partial charge in [-0.15, -0.1) is 0 Å².